The van der Waals surface area contributed by atoms with E-state index in [2.05, 4.69) is 62.4 Å². The molecule has 0 saturated carbocycles. The van der Waals surface area contributed by atoms with Crippen LogP contribution in [0.2, 0.25) is 8.87 Å². The van der Waals surface area contributed by atoms with E-state index in [0.29, 0.717) is 0 Å². The Morgan fingerprint density at radius 1 is 0.619 bits per heavy atom. The second kappa shape index (κ2) is 12.8. The summed E-state index contributed by atoms with van der Waals surface area (Å²) in [7, 11) is 0. The molecule has 2 aromatic rings. The normalized spacial score (nSPS) is 9.62. The third kappa shape index (κ3) is 9.35. The van der Waals surface area contributed by atoms with Crippen LogP contribution in [0.5, 0.6) is 0 Å². The molecule has 0 aromatic heterocycles. The molecule has 0 aliphatic heterocycles. The molecule has 2 aromatic carbocycles. The van der Waals surface area contributed by atoms with Gasteiger partial charge in [0.1, 0.15) is 0 Å². The summed E-state index contributed by atoms with van der Waals surface area (Å²) in [5.74, 6) is 0. The summed E-state index contributed by atoms with van der Waals surface area (Å²) < 4.78 is 2.94. The Morgan fingerprint density at radius 3 is 1.29 bits per heavy atom. The summed E-state index contributed by atoms with van der Waals surface area (Å²) in [6, 6.07) is 18.1. The minimum atomic E-state index is -0.168. The van der Waals surface area contributed by atoms with Gasteiger partial charge in [-0.3, -0.25) is 0 Å². The molecule has 2 rings (SSSR count). The first-order chi connectivity index (χ1) is 9.24. The molecule has 0 bridgehead atoms. The number of hydrogen-bond acceptors (Lipinski definition) is 0. The molecule has 21 heavy (non-hydrogen) atoms. The first-order valence-electron chi connectivity index (χ1n) is 7.06. The second-order valence-corrected chi connectivity index (χ2v) is 9.50. The van der Waals surface area contributed by atoms with Crippen molar-refractivity contribution in [1.29, 1.82) is 0 Å². The van der Waals surface area contributed by atoms with Crippen molar-refractivity contribution >= 4 is 21.1 Å². The van der Waals surface area contributed by atoms with E-state index in [0.717, 1.165) is 0 Å². The first kappa shape index (κ1) is 22.4. The predicted molar refractivity (Wildman–Crippen MR) is 85.1 cm³/mol. The summed E-state index contributed by atoms with van der Waals surface area (Å²) in [6.45, 7) is 4.31. The summed E-state index contributed by atoms with van der Waals surface area (Å²) >= 11 is -0.168. The maximum Gasteiger partial charge on any atom is 0 e. The van der Waals surface area contributed by atoms with Crippen LogP contribution in [0.3, 0.4) is 0 Å². The van der Waals surface area contributed by atoms with E-state index in [-0.39, 0.29) is 86.6 Å². The summed E-state index contributed by atoms with van der Waals surface area (Å²) in [6.07, 6.45) is 2.58. The largest absolute Gasteiger partial charge is 0 e. The van der Waals surface area contributed by atoms with E-state index in [4.69, 9.17) is 0 Å². The van der Waals surface area contributed by atoms with Gasteiger partial charge in [0.05, 0.1) is 0 Å². The molecule has 0 aliphatic carbocycles. The Bertz CT molecular complexity index is 444. The van der Waals surface area contributed by atoms with Crippen LogP contribution in [0.1, 0.15) is 22.3 Å². The van der Waals surface area contributed by atoms with Gasteiger partial charge in [0.2, 0.25) is 0 Å². The smallest absolute Gasteiger partial charge is 0 e. The van der Waals surface area contributed by atoms with Crippen LogP contribution >= 0.6 is 0 Å². The van der Waals surface area contributed by atoms with E-state index < -0.39 is 0 Å². The number of aryl methyl sites for hydroxylation is 4. The van der Waals surface area contributed by atoms with Crippen LogP contribution < -0.4 is 0 Å². The zero-order chi connectivity index (χ0) is 13.5. The van der Waals surface area contributed by atoms with Crippen molar-refractivity contribution in [3.05, 3.63) is 70.8 Å². The van der Waals surface area contributed by atoms with Crippen LogP contribution in [-0.4, -0.2) is 21.1 Å². The number of benzene rings is 2. The van der Waals surface area contributed by atoms with E-state index in [1.165, 1.54) is 44.0 Å². The molecule has 0 amide bonds. The van der Waals surface area contributed by atoms with E-state index in [1.54, 1.807) is 0 Å². The van der Waals surface area contributed by atoms with Crippen molar-refractivity contribution in [2.24, 2.45) is 0 Å². The maximum atomic E-state index is 2.29. The molecule has 0 heterocycles. The van der Waals surface area contributed by atoms with Gasteiger partial charge in [0.15, 0.2) is 0 Å². The van der Waals surface area contributed by atoms with Crippen molar-refractivity contribution in [2.75, 3.05) is 0 Å². The Morgan fingerprint density at radius 2 is 0.952 bits per heavy atom. The summed E-state index contributed by atoms with van der Waals surface area (Å²) in [5, 5.41) is 0. The van der Waals surface area contributed by atoms with Crippen LogP contribution in [0.25, 0.3) is 0 Å². The summed E-state index contributed by atoms with van der Waals surface area (Å²) in [4.78, 5) is 0. The minimum Gasteiger partial charge on any atom is 0 e. The van der Waals surface area contributed by atoms with Gasteiger partial charge in [-0.05, 0) is 0 Å². The van der Waals surface area contributed by atoms with E-state index in [9.17, 15) is 0 Å². The quantitative estimate of drug-likeness (QED) is 0.375. The molecule has 0 nitrogen and oxygen atoms in total. The minimum absolute atomic E-state index is 0. The van der Waals surface area contributed by atoms with Crippen LogP contribution in [-0.2, 0) is 78.3 Å². The first-order valence-corrected chi connectivity index (χ1v) is 11.1. The molecule has 0 N–H and O–H groups in total. The van der Waals surface area contributed by atoms with Crippen molar-refractivity contribution in [2.45, 2.75) is 35.6 Å². The molecular formula is C18H22SnY2. The fraction of sp³-hybridized carbons (Fsp3) is 0.333. The maximum absolute atomic E-state index is 2.29. The monoisotopic (exact) mass is 536 g/mol. The number of rotatable bonds is 6. The molecule has 0 atom stereocenters. The van der Waals surface area contributed by atoms with Gasteiger partial charge in [-0.1, -0.05) is 0 Å². The molecule has 4 radical (unpaired) electrons. The molecule has 3 heteroatoms. The van der Waals surface area contributed by atoms with Crippen molar-refractivity contribution in [3.63, 3.8) is 0 Å². The topological polar surface area (TPSA) is 0 Å². The molecule has 0 unspecified atom stereocenters. The van der Waals surface area contributed by atoms with E-state index in [1.807, 2.05) is 0 Å². The van der Waals surface area contributed by atoms with Crippen molar-refractivity contribution in [1.82, 2.24) is 0 Å². The molecule has 0 aliphatic rings. The Labute approximate surface area is 190 Å². The fourth-order valence-corrected chi connectivity index (χ4v) is 5.47. The van der Waals surface area contributed by atoms with Gasteiger partial charge in [0.25, 0.3) is 0 Å². The van der Waals surface area contributed by atoms with Gasteiger partial charge in [0, 0.05) is 65.4 Å². The van der Waals surface area contributed by atoms with Gasteiger partial charge in [-0.2, -0.15) is 0 Å². The van der Waals surface area contributed by atoms with Gasteiger partial charge >= 0.3 is 127 Å². The van der Waals surface area contributed by atoms with Crippen LogP contribution in [0.4, 0.5) is 0 Å². The second-order valence-electron chi connectivity index (χ2n) is 5.22. The van der Waals surface area contributed by atoms with Crippen molar-refractivity contribution in [3.8, 4) is 0 Å². The zero-order valence-corrected chi connectivity index (χ0v) is 21.6. The standard InChI is InChI=1S/2C9H11.Sn.2Y/c2*1-3-9-6-4-8(2)5-7-9;;;/h2*4-7H,1,3H2,2H3;;;. The molecule has 0 fully saturated rings. The summed E-state index contributed by atoms with van der Waals surface area (Å²) in [5.41, 5.74) is 5.76. The van der Waals surface area contributed by atoms with Crippen LogP contribution in [0.15, 0.2) is 48.5 Å². The Kier molecular flexibility index (Phi) is 13.7. The molecular weight excluding hydrogens is 513 g/mol. The molecule has 104 valence electrons. The van der Waals surface area contributed by atoms with Gasteiger partial charge in [-0.25, -0.2) is 0 Å². The zero-order valence-electron chi connectivity index (χ0n) is 13.1. The fourth-order valence-electron chi connectivity index (χ4n) is 2.10. The Balaban J connectivity index is 0.00000200. The third-order valence-corrected chi connectivity index (χ3v) is 6.87. The molecule has 0 saturated heterocycles. The van der Waals surface area contributed by atoms with Gasteiger partial charge < -0.3 is 0 Å². The average Bonchev–Trinajstić information content (AvgIpc) is 2.43. The van der Waals surface area contributed by atoms with E-state index >= 15 is 0 Å². The Hall–Kier alpha value is 1.45. The van der Waals surface area contributed by atoms with Crippen molar-refractivity contribution < 1.29 is 65.4 Å². The number of hydrogen-bond donors (Lipinski definition) is 0. The van der Waals surface area contributed by atoms with Crippen LogP contribution in [0, 0.1) is 13.8 Å². The average molecular weight is 535 g/mol. The predicted octanol–water partition coefficient (Wildman–Crippen LogP) is 4.62. The molecule has 0 spiro atoms. The SMILES string of the molecule is Cc1ccc(C[CH2][Sn][CH2]Cc2ccc(C)cc2)cc1.[Y].[Y]. The van der Waals surface area contributed by atoms with Gasteiger partial charge in [-0.15, -0.1) is 0 Å². The third-order valence-electron chi connectivity index (χ3n) is 3.42.